The van der Waals surface area contributed by atoms with Gasteiger partial charge in [-0.2, -0.15) is 5.10 Å². The molecule has 0 unspecified atom stereocenters. The number of benzene rings is 1. The van der Waals surface area contributed by atoms with Gasteiger partial charge in [0.15, 0.2) is 0 Å². The third kappa shape index (κ3) is 3.28. The van der Waals surface area contributed by atoms with Crippen LogP contribution in [-0.4, -0.2) is 15.7 Å². The van der Waals surface area contributed by atoms with Crippen molar-refractivity contribution in [3.63, 3.8) is 0 Å². The van der Waals surface area contributed by atoms with Gasteiger partial charge in [0.1, 0.15) is 5.69 Å². The molecule has 0 atom stereocenters. The SMILES string of the molecule is CCCn1nccc1C(=O)Nc1ccc(Cl)c(Cl)c1. The minimum atomic E-state index is -0.218. The number of amides is 1. The summed E-state index contributed by atoms with van der Waals surface area (Å²) in [5.41, 5.74) is 1.12. The highest BCUT2D eigenvalue weighted by Gasteiger charge is 2.12. The van der Waals surface area contributed by atoms with Gasteiger partial charge in [0, 0.05) is 18.4 Å². The van der Waals surface area contributed by atoms with E-state index in [1.54, 1.807) is 35.1 Å². The van der Waals surface area contributed by atoms with E-state index in [2.05, 4.69) is 10.4 Å². The predicted molar refractivity (Wildman–Crippen MR) is 76.9 cm³/mol. The first kappa shape index (κ1) is 13.9. The van der Waals surface area contributed by atoms with Crippen molar-refractivity contribution >= 4 is 34.8 Å². The molecule has 2 rings (SSSR count). The maximum absolute atomic E-state index is 12.1. The average Bonchev–Trinajstić information content (AvgIpc) is 2.83. The van der Waals surface area contributed by atoms with Crippen molar-refractivity contribution in [3.05, 3.63) is 46.2 Å². The molecule has 0 saturated heterocycles. The molecule has 100 valence electrons. The standard InChI is InChI=1S/C13H13Cl2N3O/c1-2-7-18-12(5-6-16-18)13(19)17-9-3-4-10(14)11(15)8-9/h3-6,8H,2,7H2,1H3,(H,17,19). The van der Waals surface area contributed by atoms with E-state index in [-0.39, 0.29) is 5.91 Å². The van der Waals surface area contributed by atoms with Gasteiger partial charge in [0.05, 0.1) is 10.0 Å². The first-order valence-corrected chi connectivity index (χ1v) is 6.65. The summed E-state index contributed by atoms with van der Waals surface area (Å²) < 4.78 is 1.67. The first-order valence-electron chi connectivity index (χ1n) is 5.90. The summed E-state index contributed by atoms with van der Waals surface area (Å²) >= 11 is 11.7. The lowest BCUT2D eigenvalue weighted by atomic mass is 10.3. The molecule has 0 aliphatic heterocycles. The van der Waals surface area contributed by atoms with Crippen molar-refractivity contribution in [2.45, 2.75) is 19.9 Å². The number of aryl methyl sites for hydroxylation is 1. The van der Waals surface area contributed by atoms with Crippen molar-refractivity contribution in [3.8, 4) is 0 Å². The first-order chi connectivity index (χ1) is 9.11. The molecule has 1 amide bonds. The highest BCUT2D eigenvalue weighted by Crippen LogP contribution is 2.25. The smallest absolute Gasteiger partial charge is 0.273 e. The summed E-state index contributed by atoms with van der Waals surface area (Å²) in [5.74, 6) is -0.218. The molecule has 0 bridgehead atoms. The van der Waals surface area contributed by atoms with Crippen LogP contribution >= 0.6 is 23.2 Å². The van der Waals surface area contributed by atoms with Crippen LogP contribution in [-0.2, 0) is 6.54 Å². The van der Waals surface area contributed by atoms with E-state index in [1.807, 2.05) is 6.92 Å². The quantitative estimate of drug-likeness (QED) is 0.932. The number of carbonyl (C=O) groups is 1. The van der Waals surface area contributed by atoms with Gasteiger partial charge < -0.3 is 5.32 Å². The van der Waals surface area contributed by atoms with E-state index < -0.39 is 0 Å². The summed E-state index contributed by atoms with van der Waals surface area (Å²) in [6, 6.07) is 6.64. The highest BCUT2D eigenvalue weighted by molar-refractivity contribution is 6.42. The second-order valence-electron chi connectivity index (χ2n) is 4.02. The highest BCUT2D eigenvalue weighted by atomic mass is 35.5. The summed E-state index contributed by atoms with van der Waals surface area (Å²) in [7, 11) is 0. The zero-order valence-corrected chi connectivity index (χ0v) is 11.9. The van der Waals surface area contributed by atoms with E-state index in [1.165, 1.54) is 0 Å². The van der Waals surface area contributed by atoms with Gasteiger partial charge in [-0.25, -0.2) is 0 Å². The maximum Gasteiger partial charge on any atom is 0.273 e. The zero-order valence-electron chi connectivity index (χ0n) is 10.4. The third-order valence-electron chi connectivity index (χ3n) is 2.56. The van der Waals surface area contributed by atoms with E-state index >= 15 is 0 Å². The lowest BCUT2D eigenvalue weighted by molar-refractivity contribution is 0.101. The maximum atomic E-state index is 12.1. The summed E-state index contributed by atoms with van der Waals surface area (Å²) in [4.78, 5) is 12.1. The number of hydrogen-bond donors (Lipinski definition) is 1. The van der Waals surface area contributed by atoms with E-state index in [0.717, 1.165) is 6.42 Å². The molecule has 0 radical (unpaired) electrons. The van der Waals surface area contributed by atoms with E-state index in [9.17, 15) is 4.79 Å². The predicted octanol–water partition coefficient (Wildman–Crippen LogP) is 3.85. The van der Waals surface area contributed by atoms with Crippen LogP contribution in [0.25, 0.3) is 0 Å². The van der Waals surface area contributed by atoms with Crippen LogP contribution in [0, 0.1) is 0 Å². The van der Waals surface area contributed by atoms with Crippen LogP contribution in [0.5, 0.6) is 0 Å². The van der Waals surface area contributed by atoms with Crippen molar-refractivity contribution in [2.75, 3.05) is 5.32 Å². The molecule has 1 aromatic carbocycles. The molecule has 19 heavy (non-hydrogen) atoms. The average molecular weight is 298 g/mol. The van der Waals surface area contributed by atoms with Crippen LogP contribution in [0.4, 0.5) is 5.69 Å². The van der Waals surface area contributed by atoms with Crippen LogP contribution in [0.2, 0.25) is 10.0 Å². The van der Waals surface area contributed by atoms with Crippen molar-refractivity contribution in [1.29, 1.82) is 0 Å². The Labute approximate surface area is 121 Å². The molecule has 1 heterocycles. The Balaban J connectivity index is 2.16. The minimum Gasteiger partial charge on any atom is -0.321 e. The van der Waals surface area contributed by atoms with Gasteiger partial charge in [-0.1, -0.05) is 30.1 Å². The number of aromatic nitrogens is 2. The minimum absolute atomic E-state index is 0.218. The summed E-state index contributed by atoms with van der Waals surface area (Å²) in [6.07, 6.45) is 2.52. The molecule has 0 aliphatic rings. The number of rotatable bonds is 4. The fourth-order valence-corrected chi connectivity index (χ4v) is 1.98. The molecular weight excluding hydrogens is 285 g/mol. The van der Waals surface area contributed by atoms with Crippen LogP contribution in [0.15, 0.2) is 30.5 Å². The van der Waals surface area contributed by atoms with Gasteiger partial charge >= 0.3 is 0 Å². The molecular formula is C13H13Cl2N3O. The normalized spacial score (nSPS) is 10.5. The Bertz CT molecular complexity index is 595. The number of nitrogens with zero attached hydrogens (tertiary/aromatic N) is 2. The van der Waals surface area contributed by atoms with Gasteiger partial charge in [-0.15, -0.1) is 0 Å². The second-order valence-corrected chi connectivity index (χ2v) is 4.84. The van der Waals surface area contributed by atoms with Gasteiger partial charge in [0.2, 0.25) is 0 Å². The fraction of sp³-hybridized carbons (Fsp3) is 0.231. The molecule has 1 N–H and O–H groups in total. The fourth-order valence-electron chi connectivity index (χ4n) is 1.68. The molecule has 0 spiro atoms. The number of hydrogen-bond acceptors (Lipinski definition) is 2. The second kappa shape index (κ2) is 6.08. The molecule has 1 aromatic heterocycles. The van der Waals surface area contributed by atoms with Gasteiger partial charge in [-0.3, -0.25) is 9.48 Å². The van der Waals surface area contributed by atoms with Gasteiger partial charge in [-0.05, 0) is 30.7 Å². The Kier molecular flexibility index (Phi) is 4.45. The van der Waals surface area contributed by atoms with Gasteiger partial charge in [0.25, 0.3) is 5.91 Å². The monoisotopic (exact) mass is 297 g/mol. The lowest BCUT2D eigenvalue weighted by Crippen LogP contribution is -2.17. The number of nitrogens with one attached hydrogen (secondary N) is 1. The van der Waals surface area contributed by atoms with E-state index in [0.29, 0.717) is 28.0 Å². The molecule has 0 saturated carbocycles. The summed E-state index contributed by atoms with van der Waals surface area (Å²) in [5, 5.41) is 7.74. The number of carbonyl (C=O) groups excluding carboxylic acids is 1. The van der Waals surface area contributed by atoms with Crippen molar-refractivity contribution < 1.29 is 4.79 Å². The Morgan fingerprint density at radius 1 is 1.32 bits per heavy atom. The Morgan fingerprint density at radius 3 is 2.79 bits per heavy atom. The Morgan fingerprint density at radius 2 is 2.11 bits per heavy atom. The van der Waals surface area contributed by atoms with Crippen LogP contribution < -0.4 is 5.32 Å². The number of halogens is 2. The van der Waals surface area contributed by atoms with Crippen LogP contribution in [0.1, 0.15) is 23.8 Å². The van der Waals surface area contributed by atoms with Crippen molar-refractivity contribution in [2.24, 2.45) is 0 Å². The summed E-state index contributed by atoms with van der Waals surface area (Å²) in [6.45, 7) is 2.74. The van der Waals surface area contributed by atoms with Crippen molar-refractivity contribution in [1.82, 2.24) is 9.78 Å². The van der Waals surface area contributed by atoms with Crippen LogP contribution in [0.3, 0.4) is 0 Å². The molecule has 2 aromatic rings. The van der Waals surface area contributed by atoms with E-state index in [4.69, 9.17) is 23.2 Å². The Hall–Kier alpha value is -1.52. The largest absolute Gasteiger partial charge is 0.321 e. The molecule has 0 aliphatic carbocycles. The molecule has 6 heteroatoms. The molecule has 0 fully saturated rings. The topological polar surface area (TPSA) is 46.9 Å². The molecule has 4 nitrogen and oxygen atoms in total. The zero-order chi connectivity index (χ0) is 13.8. The third-order valence-corrected chi connectivity index (χ3v) is 3.30. The number of anilines is 1. The lowest BCUT2D eigenvalue weighted by Gasteiger charge is -2.08.